The fourth-order valence-corrected chi connectivity index (χ4v) is 3.27. The van der Waals surface area contributed by atoms with Crippen molar-refractivity contribution in [2.45, 2.75) is 26.4 Å². The normalized spacial score (nSPS) is 14.3. The maximum atomic E-state index is 12.6. The Labute approximate surface area is 146 Å². The number of aromatic nitrogens is 3. The first-order valence-corrected chi connectivity index (χ1v) is 8.51. The molecule has 5 nitrogen and oxygen atoms in total. The highest BCUT2D eigenvalue weighted by Crippen LogP contribution is 2.20. The molecule has 0 bridgehead atoms. The Balaban J connectivity index is 1.60. The summed E-state index contributed by atoms with van der Waals surface area (Å²) in [5.74, 6) is 0.654. The minimum absolute atomic E-state index is 0.0311. The second-order valence-electron chi connectivity index (χ2n) is 6.41. The predicted molar refractivity (Wildman–Crippen MR) is 97.1 cm³/mol. The third-order valence-electron chi connectivity index (χ3n) is 4.71. The van der Waals surface area contributed by atoms with E-state index in [1.807, 2.05) is 49.5 Å². The summed E-state index contributed by atoms with van der Waals surface area (Å²) in [6.45, 7) is 4.35. The summed E-state index contributed by atoms with van der Waals surface area (Å²) in [4.78, 5) is 26.9. The van der Waals surface area contributed by atoms with Gasteiger partial charge >= 0.3 is 0 Å². The molecule has 2 aromatic heterocycles. The molecule has 0 radical (unpaired) electrons. The number of benzene rings is 1. The molecule has 1 aliphatic heterocycles. The molecule has 0 unspecified atom stereocenters. The van der Waals surface area contributed by atoms with Gasteiger partial charge in [0.2, 0.25) is 0 Å². The molecule has 0 fully saturated rings. The van der Waals surface area contributed by atoms with E-state index in [1.54, 1.807) is 0 Å². The van der Waals surface area contributed by atoms with Crippen molar-refractivity contribution in [1.82, 2.24) is 19.9 Å². The average molecular weight is 332 g/mol. The Morgan fingerprint density at radius 2 is 2.00 bits per heavy atom. The quantitative estimate of drug-likeness (QED) is 0.801. The average Bonchev–Trinajstić information content (AvgIpc) is 2.65. The van der Waals surface area contributed by atoms with Gasteiger partial charge in [-0.05, 0) is 18.6 Å². The molecule has 0 amide bonds. The van der Waals surface area contributed by atoms with Gasteiger partial charge in [-0.3, -0.25) is 14.7 Å². The van der Waals surface area contributed by atoms with Crippen molar-refractivity contribution in [1.29, 1.82) is 0 Å². The molecule has 5 heteroatoms. The Morgan fingerprint density at radius 1 is 1.16 bits per heavy atom. The van der Waals surface area contributed by atoms with Crippen molar-refractivity contribution in [3.05, 3.63) is 81.5 Å². The maximum Gasteiger partial charge on any atom is 0.255 e. The van der Waals surface area contributed by atoms with Gasteiger partial charge in [-0.1, -0.05) is 36.4 Å². The van der Waals surface area contributed by atoms with E-state index in [9.17, 15) is 4.79 Å². The molecular weight excluding hydrogens is 312 g/mol. The van der Waals surface area contributed by atoms with Crippen molar-refractivity contribution < 1.29 is 0 Å². The summed E-state index contributed by atoms with van der Waals surface area (Å²) in [6, 6.07) is 13.8. The molecule has 3 aromatic rings. The third-order valence-corrected chi connectivity index (χ3v) is 4.71. The van der Waals surface area contributed by atoms with E-state index in [0.717, 1.165) is 42.0 Å². The zero-order valence-electron chi connectivity index (χ0n) is 14.2. The number of aromatic amines is 1. The van der Waals surface area contributed by atoms with E-state index in [1.165, 1.54) is 5.56 Å². The standard InChI is InChI=1S/C20H20N4O/c1-14-16(8-5-10-21-14)12-24-11-9-18-17(13-24)20(25)23-19(22-18)15-6-3-2-4-7-15/h2-8,10H,9,11-13H2,1H3,(H,22,23,25). The maximum absolute atomic E-state index is 12.6. The molecule has 1 N–H and O–H groups in total. The lowest BCUT2D eigenvalue weighted by Crippen LogP contribution is -2.35. The van der Waals surface area contributed by atoms with Gasteiger partial charge in [-0.2, -0.15) is 0 Å². The van der Waals surface area contributed by atoms with Gasteiger partial charge in [0.1, 0.15) is 5.82 Å². The summed E-state index contributed by atoms with van der Waals surface area (Å²) < 4.78 is 0. The molecule has 0 spiro atoms. The highest BCUT2D eigenvalue weighted by atomic mass is 16.1. The predicted octanol–water partition coefficient (Wildman–Crippen LogP) is 2.70. The van der Waals surface area contributed by atoms with Gasteiger partial charge in [0, 0.05) is 43.5 Å². The van der Waals surface area contributed by atoms with Crippen LogP contribution in [0.4, 0.5) is 0 Å². The molecule has 1 aromatic carbocycles. The van der Waals surface area contributed by atoms with Gasteiger partial charge < -0.3 is 4.98 Å². The molecule has 0 saturated carbocycles. The van der Waals surface area contributed by atoms with E-state index in [4.69, 9.17) is 4.98 Å². The smallest absolute Gasteiger partial charge is 0.255 e. The van der Waals surface area contributed by atoms with E-state index in [2.05, 4.69) is 20.9 Å². The van der Waals surface area contributed by atoms with Gasteiger partial charge in [0.25, 0.3) is 5.56 Å². The van der Waals surface area contributed by atoms with Crippen molar-refractivity contribution in [3.8, 4) is 11.4 Å². The Kier molecular flexibility index (Phi) is 4.15. The second kappa shape index (κ2) is 6.61. The van der Waals surface area contributed by atoms with Crippen molar-refractivity contribution >= 4 is 0 Å². The minimum Gasteiger partial charge on any atom is -0.306 e. The Morgan fingerprint density at radius 3 is 2.80 bits per heavy atom. The summed E-state index contributed by atoms with van der Waals surface area (Å²) in [7, 11) is 0. The van der Waals surface area contributed by atoms with Crippen LogP contribution >= 0.6 is 0 Å². The molecule has 0 atom stereocenters. The monoisotopic (exact) mass is 332 g/mol. The number of pyridine rings is 1. The van der Waals surface area contributed by atoms with E-state index in [-0.39, 0.29) is 5.56 Å². The van der Waals surface area contributed by atoms with Crippen LogP contribution in [-0.4, -0.2) is 26.4 Å². The van der Waals surface area contributed by atoms with Crippen LogP contribution in [-0.2, 0) is 19.5 Å². The van der Waals surface area contributed by atoms with Crippen LogP contribution in [0.3, 0.4) is 0 Å². The Hall–Kier alpha value is -2.79. The first kappa shape index (κ1) is 15.7. The SMILES string of the molecule is Cc1ncccc1CN1CCc2nc(-c3ccccc3)[nH]c(=O)c2C1. The number of rotatable bonds is 3. The number of nitrogens with one attached hydrogen (secondary N) is 1. The third kappa shape index (κ3) is 3.23. The van der Waals surface area contributed by atoms with Gasteiger partial charge in [0.05, 0.1) is 11.3 Å². The zero-order chi connectivity index (χ0) is 17.2. The summed E-state index contributed by atoms with van der Waals surface area (Å²) in [5, 5.41) is 0. The van der Waals surface area contributed by atoms with Crippen LogP contribution in [0.2, 0.25) is 0 Å². The van der Waals surface area contributed by atoms with Gasteiger partial charge in [-0.25, -0.2) is 4.98 Å². The molecule has 4 rings (SSSR count). The summed E-state index contributed by atoms with van der Waals surface area (Å²) >= 11 is 0. The van der Waals surface area contributed by atoms with Crippen molar-refractivity contribution in [3.63, 3.8) is 0 Å². The fourth-order valence-electron chi connectivity index (χ4n) is 3.27. The number of fused-ring (bicyclic) bond motifs is 1. The second-order valence-corrected chi connectivity index (χ2v) is 6.41. The zero-order valence-corrected chi connectivity index (χ0v) is 14.2. The fraction of sp³-hybridized carbons (Fsp3) is 0.250. The molecule has 3 heterocycles. The topological polar surface area (TPSA) is 61.9 Å². The van der Waals surface area contributed by atoms with Crippen LogP contribution in [0.15, 0.2) is 53.5 Å². The van der Waals surface area contributed by atoms with Crippen LogP contribution < -0.4 is 5.56 Å². The number of H-pyrrole nitrogens is 1. The lowest BCUT2D eigenvalue weighted by Gasteiger charge is -2.28. The summed E-state index contributed by atoms with van der Waals surface area (Å²) in [6.07, 6.45) is 2.60. The first-order valence-electron chi connectivity index (χ1n) is 8.51. The molecule has 126 valence electrons. The van der Waals surface area contributed by atoms with Crippen LogP contribution in [0.25, 0.3) is 11.4 Å². The number of nitrogens with zero attached hydrogens (tertiary/aromatic N) is 3. The van der Waals surface area contributed by atoms with Crippen LogP contribution in [0, 0.1) is 6.92 Å². The molecular formula is C20H20N4O. The van der Waals surface area contributed by atoms with Gasteiger partial charge in [-0.15, -0.1) is 0 Å². The van der Waals surface area contributed by atoms with E-state index in [0.29, 0.717) is 12.4 Å². The molecule has 0 saturated heterocycles. The number of aryl methyl sites for hydroxylation is 1. The lowest BCUT2D eigenvalue weighted by atomic mass is 10.1. The molecule has 25 heavy (non-hydrogen) atoms. The van der Waals surface area contributed by atoms with Crippen molar-refractivity contribution in [2.24, 2.45) is 0 Å². The first-order chi connectivity index (χ1) is 12.2. The number of hydrogen-bond acceptors (Lipinski definition) is 4. The van der Waals surface area contributed by atoms with Crippen molar-refractivity contribution in [2.75, 3.05) is 6.54 Å². The highest BCUT2D eigenvalue weighted by Gasteiger charge is 2.22. The lowest BCUT2D eigenvalue weighted by molar-refractivity contribution is 0.241. The van der Waals surface area contributed by atoms with Gasteiger partial charge in [0.15, 0.2) is 0 Å². The largest absolute Gasteiger partial charge is 0.306 e. The minimum atomic E-state index is -0.0311. The van der Waals surface area contributed by atoms with Crippen LogP contribution in [0.1, 0.15) is 22.5 Å². The van der Waals surface area contributed by atoms with E-state index < -0.39 is 0 Å². The highest BCUT2D eigenvalue weighted by molar-refractivity contribution is 5.54. The van der Waals surface area contributed by atoms with Crippen LogP contribution in [0.5, 0.6) is 0 Å². The number of hydrogen-bond donors (Lipinski definition) is 1. The summed E-state index contributed by atoms with van der Waals surface area (Å²) in [5.41, 5.74) is 4.86. The molecule has 0 aliphatic carbocycles. The van der Waals surface area contributed by atoms with E-state index >= 15 is 0 Å². The Bertz CT molecular complexity index is 949. The molecule has 1 aliphatic rings.